The second-order valence-electron chi connectivity index (χ2n) is 8.03. The van der Waals surface area contributed by atoms with Crippen molar-refractivity contribution in [2.45, 2.75) is 45.1 Å². The van der Waals surface area contributed by atoms with E-state index in [0.29, 0.717) is 29.8 Å². The molecule has 1 fully saturated rings. The molecule has 6 heteroatoms. The zero-order valence-electron chi connectivity index (χ0n) is 17.4. The van der Waals surface area contributed by atoms with Crippen LogP contribution in [-0.4, -0.2) is 30.9 Å². The fraction of sp³-hybridized carbons (Fsp3) is 0.417. The number of nitrogens with one attached hydrogen (secondary N) is 3. The van der Waals surface area contributed by atoms with Crippen molar-refractivity contribution in [3.05, 3.63) is 65.5 Å². The van der Waals surface area contributed by atoms with Gasteiger partial charge < -0.3 is 16.0 Å². The third-order valence-electron chi connectivity index (χ3n) is 5.58. The lowest BCUT2D eigenvalue weighted by atomic mass is 9.86. The van der Waals surface area contributed by atoms with Gasteiger partial charge in [0.15, 0.2) is 5.78 Å². The highest BCUT2D eigenvalue weighted by Gasteiger charge is 2.21. The van der Waals surface area contributed by atoms with Gasteiger partial charge in [0, 0.05) is 23.8 Å². The number of rotatable bonds is 8. The second kappa shape index (κ2) is 10.9. The van der Waals surface area contributed by atoms with Crippen molar-refractivity contribution in [1.82, 2.24) is 10.6 Å². The summed E-state index contributed by atoms with van der Waals surface area (Å²) in [5.74, 6) is 0.383. The van der Waals surface area contributed by atoms with Crippen LogP contribution in [0.4, 0.5) is 14.9 Å². The number of urea groups is 1. The molecule has 5 nitrogen and oxygen atoms in total. The molecule has 160 valence electrons. The molecule has 1 heterocycles. The number of amides is 2. The molecule has 0 radical (unpaired) electrons. The van der Waals surface area contributed by atoms with Crippen molar-refractivity contribution in [3.63, 3.8) is 0 Å². The summed E-state index contributed by atoms with van der Waals surface area (Å²) in [4.78, 5) is 23.5. The minimum Gasteiger partial charge on any atom is -0.338 e. The number of halogens is 1. The van der Waals surface area contributed by atoms with Crippen LogP contribution in [0, 0.1) is 11.7 Å². The molecule has 2 amide bonds. The van der Waals surface area contributed by atoms with Crippen LogP contribution in [0.3, 0.4) is 0 Å². The van der Waals surface area contributed by atoms with Crippen LogP contribution in [0.15, 0.2) is 48.5 Å². The first-order valence-corrected chi connectivity index (χ1v) is 10.6. The summed E-state index contributed by atoms with van der Waals surface area (Å²) in [6.45, 7) is 3.10. The van der Waals surface area contributed by atoms with Gasteiger partial charge in [0.05, 0.1) is 0 Å². The van der Waals surface area contributed by atoms with Gasteiger partial charge in [-0.25, -0.2) is 9.18 Å². The highest BCUT2D eigenvalue weighted by Crippen LogP contribution is 2.23. The molecule has 2 aromatic rings. The van der Waals surface area contributed by atoms with Crippen molar-refractivity contribution >= 4 is 17.5 Å². The Morgan fingerprint density at radius 2 is 1.97 bits per heavy atom. The van der Waals surface area contributed by atoms with E-state index in [0.717, 1.165) is 38.6 Å². The smallest absolute Gasteiger partial charge is 0.319 e. The lowest BCUT2D eigenvalue weighted by molar-refractivity contribution is 0.101. The van der Waals surface area contributed by atoms with Crippen LogP contribution >= 0.6 is 0 Å². The lowest BCUT2D eigenvalue weighted by Crippen LogP contribution is -2.39. The highest BCUT2D eigenvalue weighted by atomic mass is 19.1. The van der Waals surface area contributed by atoms with E-state index in [9.17, 15) is 14.0 Å². The van der Waals surface area contributed by atoms with E-state index in [2.05, 4.69) is 16.0 Å². The van der Waals surface area contributed by atoms with Crippen LogP contribution in [0.25, 0.3) is 0 Å². The van der Waals surface area contributed by atoms with E-state index >= 15 is 0 Å². The maximum Gasteiger partial charge on any atom is 0.319 e. The quantitative estimate of drug-likeness (QED) is 0.441. The second-order valence-corrected chi connectivity index (χ2v) is 8.03. The normalized spacial score (nSPS) is 18.6. The Morgan fingerprint density at radius 3 is 2.73 bits per heavy atom. The Labute approximate surface area is 177 Å². The van der Waals surface area contributed by atoms with Gasteiger partial charge in [-0.1, -0.05) is 24.3 Å². The van der Waals surface area contributed by atoms with E-state index in [1.165, 1.54) is 24.6 Å². The van der Waals surface area contributed by atoms with Gasteiger partial charge in [-0.3, -0.25) is 4.79 Å². The van der Waals surface area contributed by atoms with Crippen LogP contribution in [0.5, 0.6) is 0 Å². The molecule has 1 aliphatic heterocycles. The van der Waals surface area contributed by atoms with Crippen LogP contribution < -0.4 is 16.0 Å². The van der Waals surface area contributed by atoms with E-state index in [-0.39, 0.29) is 17.6 Å². The number of hydrogen-bond donors (Lipinski definition) is 3. The van der Waals surface area contributed by atoms with Gasteiger partial charge in [-0.05, 0) is 81.3 Å². The van der Waals surface area contributed by atoms with Gasteiger partial charge in [-0.15, -0.1) is 0 Å². The number of carbonyl (C=O) groups excluding carboxylic acids is 2. The molecule has 0 bridgehead atoms. The van der Waals surface area contributed by atoms with Gasteiger partial charge in [0.1, 0.15) is 5.82 Å². The third-order valence-corrected chi connectivity index (χ3v) is 5.58. The molecule has 3 rings (SSSR count). The van der Waals surface area contributed by atoms with Crippen LogP contribution in [0.1, 0.15) is 48.5 Å². The molecule has 1 aliphatic rings. The van der Waals surface area contributed by atoms with Crippen molar-refractivity contribution in [2.75, 3.05) is 18.4 Å². The Hall–Kier alpha value is -2.73. The lowest BCUT2D eigenvalue weighted by Gasteiger charge is -2.30. The predicted molar refractivity (Wildman–Crippen MR) is 117 cm³/mol. The highest BCUT2D eigenvalue weighted by molar-refractivity contribution is 5.96. The maximum absolute atomic E-state index is 13.1. The zero-order valence-corrected chi connectivity index (χ0v) is 17.4. The molecule has 0 saturated carbocycles. The van der Waals surface area contributed by atoms with Crippen LogP contribution in [0.2, 0.25) is 0 Å². The van der Waals surface area contributed by atoms with Crippen molar-refractivity contribution in [3.8, 4) is 0 Å². The molecule has 30 heavy (non-hydrogen) atoms. The minimum atomic E-state index is -0.263. The third kappa shape index (κ3) is 6.95. The van der Waals surface area contributed by atoms with Crippen LogP contribution in [-0.2, 0) is 6.42 Å². The minimum absolute atomic E-state index is 0.0308. The van der Waals surface area contributed by atoms with Crippen molar-refractivity contribution in [1.29, 1.82) is 0 Å². The van der Waals surface area contributed by atoms with E-state index in [4.69, 9.17) is 0 Å². The molecule has 0 unspecified atom stereocenters. The summed E-state index contributed by atoms with van der Waals surface area (Å²) in [7, 11) is 0. The molecular weight excluding hydrogens is 381 g/mol. The standard InChI is InChI=1S/C24H30FN3O2/c1-17(29)20-4-2-5-23(16-20)28-24(30)27-12-3-6-22-15-19(11-13-26-22)14-18-7-9-21(25)10-8-18/h2,4-5,7-10,16,19,22,26H,3,6,11-15H2,1H3,(H2,27,28,30)/t19-,22-/m1/s1. The predicted octanol–water partition coefficient (Wildman–Crippen LogP) is 4.54. The monoisotopic (exact) mass is 411 g/mol. The summed E-state index contributed by atoms with van der Waals surface area (Å²) < 4.78 is 13.1. The first-order valence-electron chi connectivity index (χ1n) is 10.6. The van der Waals surface area contributed by atoms with Gasteiger partial charge in [0.2, 0.25) is 0 Å². The topological polar surface area (TPSA) is 70.2 Å². The molecule has 0 aliphatic carbocycles. The number of anilines is 1. The summed E-state index contributed by atoms with van der Waals surface area (Å²) in [6, 6.07) is 13.9. The molecule has 2 aromatic carbocycles. The first-order chi connectivity index (χ1) is 14.5. The summed E-state index contributed by atoms with van der Waals surface area (Å²) in [5.41, 5.74) is 2.37. The van der Waals surface area contributed by atoms with Crippen molar-refractivity contribution in [2.24, 2.45) is 5.92 Å². The zero-order chi connectivity index (χ0) is 21.3. The number of ketones is 1. The molecule has 0 aromatic heterocycles. The Bertz CT molecular complexity index is 854. The summed E-state index contributed by atoms with van der Waals surface area (Å²) >= 11 is 0. The Kier molecular flexibility index (Phi) is 7.97. The fourth-order valence-corrected chi connectivity index (χ4v) is 4.00. The SMILES string of the molecule is CC(=O)c1cccc(NC(=O)NCCC[C@@H]2C[C@@H](Cc3ccc(F)cc3)CCN2)c1. The Balaban J connectivity index is 1.35. The maximum atomic E-state index is 13.1. The number of Topliss-reactive ketones (excluding diaryl/α,β-unsaturated/α-hetero) is 1. The van der Waals surface area contributed by atoms with Gasteiger partial charge in [0.25, 0.3) is 0 Å². The van der Waals surface area contributed by atoms with E-state index in [1.54, 1.807) is 24.3 Å². The van der Waals surface area contributed by atoms with E-state index < -0.39 is 0 Å². The van der Waals surface area contributed by atoms with Gasteiger partial charge >= 0.3 is 6.03 Å². The van der Waals surface area contributed by atoms with Gasteiger partial charge in [-0.2, -0.15) is 0 Å². The number of piperidine rings is 1. The average molecular weight is 412 g/mol. The molecule has 2 atom stereocenters. The van der Waals surface area contributed by atoms with E-state index in [1.807, 2.05) is 12.1 Å². The first kappa shape index (κ1) is 22.0. The Morgan fingerprint density at radius 1 is 1.17 bits per heavy atom. The molecule has 1 saturated heterocycles. The largest absolute Gasteiger partial charge is 0.338 e. The number of carbonyl (C=O) groups is 2. The summed E-state index contributed by atoms with van der Waals surface area (Å²) in [5, 5.41) is 9.22. The fourth-order valence-electron chi connectivity index (χ4n) is 4.00. The number of hydrogen-bond acceptors (Lipinski definition) is 3. The summed E-state index contributed by atoms with van der Waals surface area (Å²) in [6.07, 6.45) is 5.11. The van der Waals surface area contributed by atoms with Crippen molar-refractivity contribution < 1.29 is 14.0 Å². The average Bonchev–Trinajstić information content (AvgIpc) is 2.73. The molecular formula is C24H30FN3O2. The molecule has 3 N–H and O–H groups in total. The molecule has 0 spiro atoms. The number of benzene rings is 2.